The van der Waals surface area contributed by atoms with Gasteiger partial charge in [-0.2, -0.15) is 0 Å². The SMILES string of the molecule is NC(=S)c1cccn1CC1CCCC1. The van der Waals surface area contributed by atoms with E-state index in [0.29, 0.717) is 4.99 Å². The van der Waals surface area contributed by atoms with E-state index < -0.39 is 0 Å². The van der Waals surface area contributed by atoms with E-state index in [9.17, 15) is 0 Å². The third-order valence-electron chi connectivity index (χ3n) is 3.01. The largest absolute Gasteiger partial charge is 0.388 e. The minimum absolute atomic E-state index is 0.507. The van der Waals surface area contributed by atoms with Gasteiger partial charge in [0.1, 0.15) is 4.99 Å². The summed E-state index contributed by atoms with van der Waals surface area (Å²) in [4.78, 5) is 0.507. The van der Waals surface area contributed by atoms with Gasteiger partial charge in [-0.25, -0.2) is 0 Å². The van der Waals surface area contributed by atoms with Crippen LogP contribution in [0, 0.1) is 5.92 Å². The fraction of sp³-hybridized carbons (Fsp3) is 0.545. The first-order chi connectivity index (χ1) is 6.77. The molecule has 0 radical (unpaired) electrons. The van der Waals surface area contributed by atoms with Crippen LogP contribution in [-0.2, 0) is 6.54 Å². The van der Waals surface area contributed by atoms with Crippen molar-refractivity contribution in [3.05, 3.63) is 24.0 Å². The smallest absolute Gasteiger partial charge is 0.120 e. The van der Waals surface area contributed by atoms with Crippen LogP contribution in [0.2, 0.25) is 0 Å². The zero-order valence-electron chi connectivity index (χ0n) is 8.28. The van der Waals surface area contributed by atoms with Crippen LogP contribution in [-0.4, -0.2) is 9.56 Å². The van der Waals surface area contributed by atoms with Crippen molar-refractivity contribution >= 4 is 17.2 Å². The fourth-order valence-electron chi connectivity index (χ4n) is 2.27. The Labute approximate surface area is 90.1 Å². The molecule has 2 rings (SSSR count). The molecule has 1 aliphatic rings. The Hall–Kier alpha value is -0.830. The molecule has 0 amide bonds. The Bertz CT molecular complexity index is 324. The number of rotatable bonds is 3. The predicted molar refractivity (Wildman–Crippen MR) is 62.3 cm³/mol. The zero-order valence-corrected chi connectivity index (χ0v) is 9.09. The van der Waals surface area contributed by atoms with E-state index in [1.54, 1.807) is 0 Å². The molecule has 1 aromatic rings. The van der Waals surface area contributed by atoms with Crippen molar-refractivity contribution in [2.24, 2.45) is 11.7 Å². The van der Waals surface area contributed by atoms with Gasteiger partial charge in [0.15, 0.2) is 0 Å². The minimum atomic E-state index is 0.507. The molecule has 0 saturated heterocycles. The van der Waals surface area contributed by atoms with Crippen LogP contribution in [0.1, 0.15) is 31.4 Å². The van der Waals surface area contributed by atoms with Crippen LogP contribution < -0.4 is 5.73 Å². The molecule has 0 aromatic carbocycles. The highest BCUT2D eigenvalue weighted by Crippen LogP contribution is 2.26. The van der Waals surface area contributed by atoms with Crippen molar-refractivity contribution in [3.63, 3.8) is 0 Å². The lowest BCUT2D eigenvalue weighted by Crippen LogP contribution is -2.17. The second-order valence-corrected chi connectivity index (χ2v) is 4.50. The first-order valence-corrected chi connectivity index (χ1v) is 5.63. The lowest BCUT2D eigenvalue weighted by atomic mass is 10.1. The number of hydrogen-bond acceptors (Lipinski definition) is 1. The van der Waals surface area contributed by atoms with Gasteiger partial charge in [-0.15, -0.1) is 0 Å². The standard InChI is InChI=1S/C11H16N2S/c12-11(14)10-6-3-7-13(10)8-9-4-1-2-5-9/h3,6-7,9H,1-2,4-5,8H2,(H2,12,14). The molecule has 14 heavy (non-hydrogen) atoms. The third kappa shape index (κ3) is 1.98. The maximum Gasteiger partial charge on any atom is 0.120 e. The molecule has 2 N–H and O–H groups in total. The molecular formula is C11H16N2S. The van der Waals surface area contributed by atoms with E-state index in [1.165, 1.54) is 25.7 Å². The summed E-state index contributed by atoms with van der Waals surface area (Å²) in [6.45, 7) is 1.08. The molecule has 1 aliphatic carbocycles. The summed E-state index contributed by atoms with van der Waals surface area (Å²) in [6, 6.07) is 4.01. The van der Waals surface area contributed by atoms with Gasteiger partial charge in [-0.05, 0) is 30.9 Å². The lowest BCUT2D eigenvalue weighted by Gasteiger charge is -2.13. The van der Waals surface area contributed by atoms with E-state index in [4.69, 9.17) is 18.0 Å². The molecule has 0 unspecified atom stereocenters. The van der Waals surface area contributed by atoms with Crippen LogP contribution in [0.15, 0.2) is 18.3 Å². The molecule has 3 heteroatoms. The van der Waals surface area contributed by atoms with E-state index in [2.05, 4.69) is 10.8 Å². The summed E-state index contributed by atoms with van der Waals surface area (Å²) in [7, 11) is 0. The van der Waals surface area contributed by atoms with Crippen molar-refractivity contribution in [1.29, 1.82) is 0 Å². The molecule has 0 aliphatic heterocycles. The summed E-state index contributed by atoms with van der Waals surface area (Å²) < 4.78 is 2.19. The van der Waals surface area contributed by atoms with E-state index in [-0.39, 0.29) is 0 Å². The van der Waals surface area contributed by atoms with Crippen LogP contribution >= 0.6 is 12.2 Å². The summed E-state index contributed by atoms with van der Waals surface area (Å²) >= 11 is 5.00. The van der Waals surface area contributed by atoms with E-state index in [0.717, 1.165) is 18.2 Å². The molecule has 0 atom stereocenters. The molecule has 0 bridgehead atoms. The Morgan fingerprint density at radius 3 is 2.86 bits per heavy atom. The van der Waals surface area contributed by atoms with Gasteiger partial charge in [-0.1, -0.05) is 25.1 Å². The predicted octanol–water partition coefficient (Wildman–Crippen LogP) is 2.31. The normalized spacial score (nSPS) is 17.4. The van der Waals surface area contributed by atoms with Crippen molar-refractivity contribution in [1.82, 2.24) is 4.57 Å². The quantitative estimate of drug-likeness (QED) is 0.773. The van der Waals surface area contributed by atoms with Gasteiger partial charge in [-0.3, -0.25) is 0 Å². The first-order valence-electron chi connectivity index (χ1n) is 5.22. The molecule has 1 fully saturated rings. The van der Waals surface area contributed by atoms with Gasteiger partial charge in [0.05, 0.1) is 5.69 Å². The average molecular weight is 208 g/mol. The minimum Gasteiger partial charge on any atom is -0.388 e. The lowest BCUT2D eigenvalue weighted by molar-refractivity contribution is 0.457. The van der Waals surface area contributed by atoms with Crippen molar-refractivity contribution in [2.45, 2.75) is 32.2 Å². The van der Waals surface area contributed by atoms with Crippen LogP contribution in [0.3, 0.4) is 0 Å². The Morgan fingerprint density at radius 2 is 2.21 bits per heavy atom. The highest BCUT2D eigenvalue weighted by Gasteiger charge is 2.16. The van der Waals surface area contributed by atoms with Crippen LogP contribution in [0.5, 0.6) is 0 Å². The van der Waals surface area contributed by atoms with Crippen molar-refractivity contribution in [3.8, 4) is 0 Å². The van der Waals surface area contributed by atoms with E-state index >= 15 is 0 Å². The highest BCUT2D eigenvalue weighted by atomic mass is 32.1. The second-order valence-electron chi connectivity index (χ2n) is 4.06. The average Bonchev–Trinajstić information content (AvgIpc) is 2.75. The number of thiocarbonyl (C=S) groups is 1. The fourth-order valence-corrected chi connectivity index (χ4v) is 2.45. The molecule has 1 saturated carbocycles. The molecule has 76 valence electrons. The molecule has 1 aromatic heterocycles. The molecular weight excluding hydrogens is 192 g/mol. The van der Waals surface area contributed by atoms with E-state index in [1.807, 2.05) is 12.1 Å². The van der Waals surface area contributed by atoms with Gasteiger partial charge >= 0.3 is 0 Å². The van der Waals surface area contributed by atoms with Crippen molar-refractivity contribution in [2.75, 3.05) is 0 Å². The van der Waals surface area contributed by atoms with Crippen LogP contribution in [0.4, 0.5) is 0 Å². The van der Waals surface area contributed by atoms with Gasteiger partial charge in [0.2, 0.25) is 0 Å². The third-order valence-corrected chi connectivity index (χ3v) is 3.22. The molecule has 1 heterocycles. The highest BCUT2D eigenvalue weighted by molar-refractivity contribution is 7.80. The second kappa shape index (κ2) is 4.13. The summed E-state index contributed by atoms with van der Waals surface area (Å²) in [5, 5.41) is 0. The Morgan fingerprint density at radius 1 is 1.50 bits per heavy atom. The topological polar surface area (TPSA) is 30.9 Å². The maximum absolute atomic E-state index is 5.64. The number of hydrogen-bond donors (Lipinski definition) is 1. The summed E-state index contributed by atoms with van der Waals surface area (Å²) in [5.41, 5.74) is 6.65. The number of aromatic nitrogens is 1. The number of nitrogens with zero attached hydrogens (tertiary/aromatic N) is 1. The monoisotopic (exact) mass is 208 g/mol. The Balaban J connectivity index is 2.07. The van der Waals surface area contributed by atoms with Gasteiger partial charge in [0.25, 0.3) is 0 Å². The van der Waals surface area contributed by atoms with Crippen molar-refractivity contribution < 1.29 is 0 Å². The zero-order chi connectivity index (χ0) is 9.97. The summed E-state index contributed by atoms with van der Waals surface area (Å²) in [5.74, 6) is 0.829. The Kier molecular flexibility index (Phi) is 2.87. The van der Waals surface area contributed by atoms with Gasteiger partial charge < -0.3 is 10.3 Å². The number of nitrogens with two attached hydrogens (primary N) is 1. The first kappa shape index (κ1) is 9.71. The molecule has 2 nitrogen and oxygen atoms in total. The summed E-state index contributed by atoms with van der Waals surface area (Å²) in [6.07, 6.45) is 7.55. The maximum atomic E-state index is 5.64. The van der Waals surface area contributed by atoms with Crippen LogP contribution in [0.25, 0.3) is 0 Å². The molecule has 0 spiro atoms. The van der Waals surface area contributed by atoms with Gasteiger partial charge in [0, 0.05) is 12.7 Å².